The highest BCUT2D eigenvalue weighted by molar-refractivity contribution is 6.03. The van der Waals surface area contributed by atoms with Crippen molar-refractivity contribution in [3.8, 4) is 0 Å². The van der Waals surface area contributed by atoms with Crippen molar-refractivity contribution in [1.29, 1.82) is 0 Å². The van der Waals surface area contributed by atoms with E-state index in [1.54, 1.807) is 24.3 Å². The molecule has 0 aliphatic rings. The number of hydrogen-bond acceptors (Lipinski definition) is 4. The lowest BCUT2D eigenvalue weighted by atomic mass is 9.97. The maximum Gasteiger partial charge on any atom is 0.338 e. The first kappa shape index (κ1) is 25.5. The molecule has 0 radical (unpaired) electrons. The summed E-state index contributed by atoms with van der Waals surface area (Å²) in [5.74, 6) is -0.900. The van der Waals surface area contributed by atoms with Crippen LogP contribution in [0.2, 0.25) is 0 Å². The van der Waals surface area contributed by atoms with E-state index < -0.39 is 11.9 Å². The normalized spacial score (nSPS) is 11.2. The second-order valence-corrected chi connectivity index (χ2v) is 10.3. The molecule has 0 spiro atoms. The SMILES string of the molecule is O=C(OCc1c2ccccc2cc2ccccc12)c1ccc(C(=O)OCc2c3ccccc3cc3ccccc23)cc1. The molecule has 0 saturated heterocycles. The number of rotatable bonds is 6. The Bertz CT molecular complexity index is 1860. The summed E-state index contributed by atoms with van der Waals surface area (Å²) in [7, 11) is 0. The predicted octanol–water partition coefficient (Wildman–Crippen LogP) is 9.01. The molecular formula is C38H26O4. The van der Waals surface area contributed by atoms with Crippen molar-refractivity contribution in [2.75, 3.05) is 0 Å². The molecule has 0 aliphatic heterocycles. The van der Waals surface area contributed by atoms with Crippen LogP contribution in [-0.2, 0) is 22.7 Å². The highest BCUT2D eigenvalue weighted by atomic mass is 16.5. The summed E-state index contributed by atoms with van der Waals surface area (Å²) >= 11 is 0. The van der Waals surface area contributed by atoms with Crippen molar-refractivity contribution < 1.29 is 19.1 Å². The number of fused-ring (bicyclic) bond motifs is 4. The number of carbonyl (C=O) groups is 2. The van der Waals surface area contributed by atoms with E-state index in [1.165, 1.54) is 0 Å². The zero-order valence-electron chi connectivity index (χ0n) is 22.7. The smallest absolute Gasteiger partial charge is 0.338 e. The van der Waals surface area contributed by atoms with Crippen molar-refractivity contribution in [3.05, 3.63) is 156 Å². The van der Waals surface area contributed by atoms with E-state index in [9.17, 15) is 9.59 Å². The van der Waals surface area contributed by atoms with Crippen LogP contribution in [-0.4, -0.2) is 11.9 Å². The van der Waals surface area contributed by atoms with E-state index in [0.29, 0.717) is 11.1 Å². The van der Waals surface area contributed by atoms with Gasteiger partial charge in [-0.15, -0.1) is 0 Å². The van der Waals surface area contributed by atoms with Gasteiger partial charge in [0.05, 0.1) is 11.1 Å². The van der Waals surface area contributed by atoms with Gasteiger partial charge in [0.2, 0.25) is 0 Å². The molecular weight excluding hydrogens is 520 g/mol. The molecule has 7 aromatic rings. The second-order valence-electron chi connectivity index (χ2n) is 10.3. The summed E-state index contributed by atoms with van der Waals surface area (Å²) < 4.78 is 11.5. The van der Waals surface area contributed by atoms with E-state index in [2.05, 4.69) is 36.4 Å². The second kappa shape index (κ2) is 10.8. The van der Waals surface area contributed by atoms with Crippen molar-refractivity contribution in [1.82, 2.24) is 0 Å². The van der Waals surface area contributed by atoms with Crippen LogP contribution in [0.1, 0.15) is 31.8 Å². The quantitative estimate of drug-likeness (QED) is 0.154. The van der Waals surface area contributed by atoms with Gasteiger partial charge in [0.1, 0.15) is 13.2 Å². The Hall–Kier alpha value is -5.48. The van der Waals surface area contributed by atoms with Crippen molar-refractivity contribution in [3.63, 3.8) is 0 Å². The third-order valence-corrected chi connectivity index (χ3v) is 7.82. The third-order valence-electron chi connectivity index (χ3n) is 7.82. The molecule has 0 atom stereocenters. The van der Waals surface area contributed by atoms with Crippen LogP contribution in [0.3, 0.4) is 0 Å². The zero-order chi connectivity index (χ0) is 28.5. The molecule has 0 N–H and O–H groups in total. The minimum atomic E-state index is -0.450. The van der Waals surface area contributed by atoms with Gasteiger partial charge in [0.25, 0.3) is 0 Å². The van der Waals surface area contributed by atoms with E-state index in [-0.39, 0.29) is 13.2 Å². The molecule has 42 heavy (non-hydrogen) atoms. The summed E-state index contributed by atoms with van der Waals surface area (Å²) in [5.41, 5.74) is 2.68. The summed E-state index contributed by atoms with van der Waals surface area (Å²) in [6, 6.07) is 43.1. The number of esters is 2. The molecule has 4 nitrogen and oxygen atoms in total. The molecule has 4 heteroatoms. The summed E-state index contributed by atoms with van der Waals surface area (Å²) in [6.07, 6.45) is 0. The Labute approximate surface area is 242 Å². The fourth-order valence-corrected chi connectivity index (χ4v) is 5.71. The van der Waals surface area contributed by atoms with Gasteiger partial charge in [-0.3, -0.25) is 0 Å². The van der Waals surface area contributed by atoms with Crippen molar-refractivity contribution >= 4 is 55.0 Å². The van der Waals surface area contributed by atoms with Crippen LogP contribution in [0.15, 0.2) is 133 Å². The van der Waals surface area contributed by atoms with Gasteiger partial charge in [0.15, 0.2) is 0 Å². The maximum absolute atomic E-state index is 13.0. The third kappa shape index (κ3) is 4.73. The number of ether oxygens (including phenoxy) is 2. The van der Waals surface area contributed by atoms with Gasteiger partial charge in [-0.25, -0.2) is 9.59 Å². The van der Waals surface area contributed by atoms with Gasteiger partial charge in [-0.2, -0.15) is 0 Å². The lowest BCUT2D eigenvalue weighted by Gasteiger charge is -2.13. The monoisotopic (exact) mass is 546 g/mol. The Morgan fingerprint density at radius 1 is 0.405 bits per heavy atom. The largest absolute Gasteiger partial charge is 0.457 e. The molecule has 0 saturated carbocycles. The van der Waals surface area contributed by atoms with Crippen LogP contribution < -0.4 is 0 Å². The molecule has 0 fully saturated rings. The highest BCUT2D eigenvalue weighted by Crippen LogP contribution is 2.30. The van der Waals surface area contributed by atoms with E-state index in [0.717, 1.165) is 54.2 Å². The topological polar surface area (TPSA) is 52.6 Å². The number of hydrogen-bond donors (Lipinski definition) is 0. The lowest BCUT2D eigenvalue weighted by Crippen LogP contribution is -2.08. The fourth-order valence-electron chi connectivity index (χ4n) is 5.71. The predicted molar refractivity (Wildman–Crippen MR) is 168 cm³/mol. The average molecular weight is 547 g/mol. The van der Waals surface area contributed by atoms with Crippen LogP contribution in [0.5, 0.6) is 0 Å². The van der Waals surface area contributed by atoms with Gasteiger partial charge in [-0.05, 0) is 79.5 Å². The summed E-state index contributed by atoms with van der Waals surface area (Å²) in [4.78, 5) is 26.0. The first-order valence-electron chi connectivity index (χ1n) is 13.9. The zero-order valence-corrected chi connectivity index (χ0v) is 22.7. The van der Waals surface area contributed by atoms with Gasteiger partial charge in [0, 0.05) is 11.1 Å². The van der Waals surface area contributed by atoms with Crippen LogP contribution in [0, 0.1) is 0 Å². The van der Waals surface area contributed by atoms with Crippen LogP contribution in [0.25, 0.3) is 43.1 Å². The van der Waals surface area contributed by atoms with Gasteiger partial charge in [-0.1, -0.05) is 97.1 Å². The number of carbonyl (C=O) groups excluding carboxylic acids is 2. The number of benzene rings is 7. The van der Waals surface area contributed by atoms with Crippen molar-refractivity contribution in [2.45, 2.75) is 13.2 Å². The molecule has 7 aromatic carbocycles. The van der Waals surface area contributed by atoms with Gasteiger partial charge >= 0.3 is 11.9 Å². The maximum atomic E-state index is 13.0. The summed E-state index contributed by atoms with van der Waals surface area (Å²) in [6.45, 7) is 0.285. The molecule has 0 unspecified atom stereocenters. The molecule has 202 valence electrons. The minimum Gasteiger partial charge on any atom is -0.457 e. The fraction of sp³-hybridized carbons (Fsp3) is 0.0526. The molecule has 0 bridgehead atoms. The average Bonchev–Trinajstić information content (AvgIpc) is 3.04. The van der Waals surface area contributed by atoms with Gasteiger partial charge < -0.3 is 9.47 Å². The molecule has 7 rings (SSSR count). The molecule has 0 aromatic heterocycles. The Morgan fingerprint density at radius 3 is 1.00 bits per heavy atom. The molecule has 0 aliphatic carbocycles. The van der Waals surface area contributed by atoms with E-state index in [4.69, 9.17) is 9.47 Å². The van der Waals surface area contributed by atoms with Crippen molar-refractivity contribution in [2.24, 2.45) is 0 Å². The van der Waals surface area contributed by atoms with Crippen LogP contribution >= 0.6 is 0 Å². The lowest BCUT2D eigenvalue weighted by molar-refractivity contribution is 0.0462. The molecule has 0 amide bonds. The minimum absolute atomic E-state index is 0.142. The first-order chi connectivity index (χ1) is 20.7. The Morgan fingerprint density at radius 2 is 0.690 bits per heavy atom. The van der Waals surface area contributed by atoms with Crippen LogP contribution in [0.4, 0.5) is 0 Å². The first-order valence-corrected chi connectivity index (χ1v) is 13.9. The standard InChI is InChI=1S/C38H26O4/c39-37(41-23-35-31-13-5-1-9-27(31)21-28-10-2-6-14-32(28)35)25-17-19-26(20-18-25)38(40)42-24-36-33-15-7-3-11-29(33)22-30-12-4-8-16-34(30)36/h1-22H,23-24H2. The summed E-state index contributed by atoms with van der Waals surface area (Å²) in [5, 5.41) is 8.62. The Balaban J connectivity index is 1.07. The van der Waals surface area contributed by atoms with E-state index in [1.807, 2.05) is 72.8 Å². The molecule has 0 heterocycles. The Kier molecular flexibility index (Phi) is 6.57. The highest BCUT2D eigenvalue weighted by Gasteiger charge is 2.15. The van der Waals surface area contributed by atoms with E-state index >= 15 is 0 Å².